The second-order valence-electron chi connectivity index (χ2n) is 8.26. The van der Waals surface area contributed by atoms with Crippen LogP contribution in [0.5, 0.6) is 0 Å². The van der Waals surface area contributed by atoms with Crippen LogP contribution in [0, 0.1) is 24.2 Å². The van der Waals surface area contributed by atoms with Crippen LogP contribution in [0.2, 0.25) is 0 Å². The molecule has 1 aromatic rings. The zero-order valence-corrected chi connectivity index (χ0v) is 15.1. The van der Waals surface area contributed by atoms with Gasteiger partial charge in [0.1, 0.15) is 0 Å². The van der Waals surface area contributed by atoms with E-state index in [1.807, 2.05) is 0 Å². The number of esters is 1. The summed E-state index contributed by atoms with van der Waals surface area (Å²) >= 11 is 0. The van der Waals surface area contributed by atoms with Crippen LogP contribution in [0.1, 0.15) is 50.2 Å². The molecule has 0 saturated heterocycles. The largest absolute Gasteiger partial charge is 0.469 e. The Morgan fingerprint density at radius 1 is 1.25 bits per heavy atom. The topological polar surface area (TPSA) is 46.5 Å². The van der Waals surface area contributed by atoms with Crippen molar-refractivity contribution in [3.63, 3.8) is 0 Å². The number of aliphatic hydroxyl groups is 1. The average molecular weight is 328 g/mol. The van der Waals surface area contributed by atoms with Gasteiger partial charge in [0, 0.05) is 11.8 Å². The highest BCUT2D eigenvalue weighted by molar-refractivity contribution is 5.74. The molecular formula is C21H28O3. The number of hydrogen-bond acceptors (Lipinski definition) is 3. The van der Waals surface area contributed by atoms with E-state index in [-0.39, 0.29) is 35.2 Å². The molecule has 3 nitrogen and oxygen atoms in total. The van der Waals surface area contributed by atoms with Gasteiger partial charge in [-0.05, 0) is 37.2 Å². The van der Waals surface area contributed by atoms with Gasteiger partial charge in [-0.3, -0.25) is 4.79 Å². The third kappa shape index (κ3) is 3.27. The molecule has 0 aliphatic heterocycles. The maximum Gasteiger partial charge on any atom is 0.309 e. The van der Waals surface area contributed by atoms with Crippen molar-refractivity contribution in [2.75, 3.05) is 7.11 Å². The van der Waals surface area contributed by atoms with Crippen molar-refractivity contribution in [1.29, 1.82) is 0 Å². The van der Waals surface area contributed by atoms with Crippen LogP contribution in [0.25, 0.3) is 0 Å². The van der Waals surface area contributed by atoms with E-state index in [0.717, 1.165) is 18.4 Å². The number of rotatable bonds is 2. The Bertz CT molecular complexity index is 642. The summed E-state index contributed by atoms with van der Waals surface area (Å²) in [5, 5.41) is 10.6. The van der Waals surface area contributed by atoms with Gasteiger partial charge in [0.25, 0.3) is 0 Å². The molecule has 24 heavy (non-hydrogen) atoms. The maximum atomic E-state index is 12.4. The first-order chi connectivity index (χ1) is 11.3. The van der Waals surface area contributed by atoms with Crippen LogP contribution < -0.4 is 0 Å². The fourth-order valence-electron chi connectivity index (χ4n) is 4.48. The van der Waals surface area contributed by atoms with E-state index in [1.54, 1.807) is 0 Å². The molecule has 0 heterocycles. The number of methoxy groups -OCH3 is 1. The van der Waals surface area contributed by atoms with Crippen molar-refractivity contribution in [2.24, 2.45) is 17.3 Å². The Morgan fingerprint density at radius 3 is 2.54 bits per heavy atom. The number of benzene rings is 1. The van der Waals surface area contributed by atoms with E-state index in [0.29, 0.717) is 6.42 Å². The molecule has 1 aromatic carbocycles. The van der Waals surface area contributed by atoms with Crippen molar-refractivity contribution in [3.05, 3.63) is 47.0 Å². The van der Waals surface area contributed by atoms with Gasteiger partial charge in [-0.2, -0.15) is 0 Å². The molecular weight excluding hydrogens is 300 g/mol. The van der Waals surface area contributed by atoms with Gasteiger partial charge in [-0.15, -0.1) is 0 Å². The molecule has 1 N–H and O–H groups in total. The lowest BCUT2D eigenvalue weighted by atomic mass is 9.61. The molecule has 0 amide bonds. The molecule has 0 radical (unpaired) electrons. The first kappa shape index (κ1) is 17.2. The Labute approximate surface area is 144 Å². The third-order valence-corrected chi connectivity index (χ3v) is 5.69. The van der Waals surface area contributed by atoms with E-state index in [4.69, 9.17) is 4.74 Å². The number of fused-ring (bicyclic) bond motifs is 1. The highest BCUT2D eigenvalue weighted by atomic mass is 16.5. The number of carbonyl (C=O) groups excluding carboxylic acids is 1. The summed E-state index contributed by atoms with van der Waals surface area (Å²) in [4.78, 5) is 12.4. The van der Waals surface area contributed by atoms with Gasteiger partial charge < -0.3 is 9.84 Å². The summed E-state index contributed by atoms with van der Waals surface area (Å²) in [6.45, 7) is 6.48. The van der Waals surface area contributed by atoms with Crippen LogP contribution in [0.4, 0.5) is 0 Å². The van der Waals surface area contributed by atoms with E-state index >= 15 is 0 Å². The monoisotopic (exact) mass is 328 g/mol. The van der Waals surface area contributed by atoms with Crippen molar-refractivity contribution >= 4 is 5.97 Å². The zero-order valence-electron chi connectivity index (χ0n) is 15.1. The smallest absolute Gasteiger partial charge is 0.309 e. The van der Waals surface area contributed by atoms with Gasteiger partial charge in [0.05, 0.1) is 19.1 Å². The first-order valence-electron chi connectivity index (χ1n) is 8.84. The Morgan fingerprint density at radius 2 is 1.92 bits per heavy atom. The molecule has 1 fully saturated rings. The highest BCUT2D eigenvalue weighted by Gasteiger charge is 2.44. The summed E-state index contributed by atoms with van der Waals surface area (Å²) in [5.41, 5.74) is 3.78. The SMILES string of the molecule is COC(=O)[C@@H]1C[C@H]2C(=C[C@@H]1c1ccc(C)cc1)CC(C)(C)C[C@H]2O. The van der Waals surface area contributed by atoms with Crippen molar-refractivity contribution in [1.82, 2.24) is 0 Å². The number of allylic oxidation sites excluding steroid dienone is 1. The number of aryl methyl sites for hydroxylation is 1. The van der Waals surface area contributed by atoms with Crippen molar-refractivity contribution < 1.29 is 14.6 Å². The van der Waals surface area contributed by atoms with Crippen LogP contribution in [0.15, 0.2) is 35.9 Å². The molecule has 130 valence electrons. The molecule has 0 bridgehead atoms. The van der Waals surface area contributed by atoms with Crippen LogP contribution in [-0.2, 0) is 9.53 Å². The maximum absolute atomic E-state index is 12.4. The predicted molar refractivity (Wildman–Crippen MR) is 94.6 cm³/mol. The Balaban J connectivity index is 2.01. The lowest BCUT2D eigenvalue weighted by molar-refractivity contribution is -0.147. The average Bonchev–Trinajstić information content (AvgIpc) is 2.53. The van der Waals surface area contributed by atoms with E-state index in [1.165, 1.54) is 18.2 Å². The minimum Gasteiger partial charge on any atom is -0.469 e. The number of aliphatic hydroxyl groups excluding tert-OH is 1. The molecule has 2 aliphatic rings. The Hall–Kier alpha value is -1.61. The van der Waals surface area contributed by atoms with E-state index in [2.05, 4.69) is 51.1 Å². The molecule has 3 heteroatoms. The molecule has 0 spiro atoms. The fourth-order valence-corrected chi connectivity index (χ4v) is 4.48. The minimum absolute atomic E-state index is 0.0328. The number of carbonyl (C=O) groups is 1. The number of ether oxygens (including phenoxy) is 1. The summed E-state index contributed by atoms with van der Waals surface area (Å²) in [5.74, 6) is -0.274. The van der Waals surface area contributed by atoms with Gasteiger partial charge >= 0.3 is 5.97 Å². The van der Waals surface area contributed by atoms with Gasteiger partial charge in [0.2, 0.25) is 0 Å². The lowest BCUT2D eigenvalue weighted by Crippen LogP contribution is -2.41. The van der Waals surface area contributed by atoms with Gasteiger partial charge in [0.15, 0.2) is 0 Å². The zero-order chi connectivity index (χ0) is 17.5. The normalized spacial score (nSPS) is 31.8. The third-order valence-electron chi connectivity index (χ3n) is 5.69. The van der Waals surface area contributed by atoms with Crippen LogP contribution >= 0.6 is 0 Å². The van der Waals surface area contributed by atoms with E-state index in [9.17, 15) is 9.90 Å². The standard InChI is InChI=1S/C21H28O3/c1-13-5-7-14(8-6-13)16-9-15-11-21(2,3)12-19(22)17(15)10-18(16)20(23)24-4/h5-9,16-19,22H,10-12H2,1-4H3/t16-,17+,18-,19-/m1/s1. The minimum atomic E-state index is -0.369. The van der Waals surface area contributed by atoms with Gasteiger partial charge in [-0.25, -0.2) is 0 Å². The van der Waals surface area contributed by atoms with Crippen LogP contribution in [-0.4, -0.2) is 24.3 Å². The molecule has 4 atom stereocenters. The molecule has 0 unspecified atom stereocenters. The second kappa shape index (κ2) is 6.36. The fraction of sp³-hybridized carbons (Fsp3) is 0.571. The second-order valence-corrected chi connectivity index (χ2v) is 8.26. The molecule has 2 aliphatic carbocycles. The van der Waals surface area contributed by atoms with Crippen LogP contribution in [0.3, 0.4) is 0 Å². The summed E-state index contributed by atoms with van der Waals surface area (Å²) < 4.78 is 5.07. The van der Waals surface area contributed by atoms with Crippen molar-refractivity contribution in [3.8, 4) is 0 Å². The predicted octanol–water partition coefficient (Wildman–Crippen LogP) is 4.00. The first-order valence-corrected chi connectivity index (χ1v) is 8.84. The quantitative estimate of drug-likeness (QED) is 0.659. The molecule has 3 rings (SSSR count). The molecule has 0 aromatic heterocycles. The number of hydrogen-bond donors (Lipinski definition) is 1. The van der Waals surface area contributed by atoms with Gasteiger partial charge in [-0.1, -0.05) is 55.3 Å². The molecule has 1 saturated carbocycles. The Kier molecular flexibility index (Phi) is 4.56. The van der Waals surface area contributed by atoms with E-state index < -0.39 is 0 Å². The summed E-state index contributed by atoms with van der Waals surface area (Å²) in [7, 11) is 1.45. The summed E-state index contributed by atoms with van der Waals surface area (Å²) in [6, 6.07) is 8.40. The highest BCUT2D eigenvalue weighted by Crippen LogP contribution is 2.50. The van der Waals surface area contributed by atoms with Crippen molar-refractivity contribution in [2.45, 2.75) is 52.1 Å². The lowest BCUT2D eigenvalue weighted by Gasteiger charge is -2.45. The summed E-state index contributed by atoms with van der Waals surface area (Å²) in [6.07, 6.45) is 4.33.